The molecular formula is C13H15BrClNS2. The Bertz CT molecular complexity index is 495. The predicted molar refractivity (Wildman–Crippen MR) is 86.1 cm³/mol. The van der Waals surface area contributed by atoms with E-state index in [9.17, 15) is 0 Å². The van der Waals surface area contributed by atoms with Crippen molar-refractivity contribution in [2.75, 3.05) is 6.54 Å². The Morgan fingerprint density at radius 1 is 1.28 bits per heavy atom. The second-order valence-corrected chi connectivity index (χ2v) is 8.35. The van der Waals surface area contributed by atoms with Crippen molar-refractivity contribution in [3.8, 4) is 0 Å². The number of halogens is 2. The lowest BCUT2D eigenvalue weighted by atomic mass is 10.1. The van der Waals surface area contributed by atoms with Crippen LogP contribution in [0, 0.1) is 0 Å². The summed E-state index contributed by atoms with van der Waals surface area (Å²) in [5.41, 5.74) is 0. The Hall–Kier alpha value is 0.130. The van der Waals surface area contributed by atoms with Gasteiger partial charge in [-0.15, -0.1) is 22.7 Å². The van der Waals surface area contributed by atoms with E-state index in [1.165, 1.54) is 13.5 Å². The summed E-state index contributed by atoms with van der Waals surface area (Å²) in [6.45, 7) is 3.22. The summed E-state index contributed by atoms with van der Waals surface area (Å²) in [7, 11) is 0. The van der Waals surface area contributed by atoms with Crippen molar-refractivity contribution >= 4 is 50.2 Å². The van der Waals surface area contributed by atoms with Crippen molar-refractivity contribution in [2.24, 2.45) is 0 Å². The van der Waals surface area contributed by atoms with E-state index in [-0.39, 0.29) is 0 Å². The smallest absolute Gasteiger partial charge is 0.0931 e. The summed E-state index contributed by atoms with van der Waals surface area (Å²) in [6.07, 6.45) is 2.16. The number of nitrogens with one attached hydrogen (secondary N) is 1. The van der Waals surface area contributed by atoms with Crippen molar-refractivity contribution in [2.45, 2.75) is 25.8 Å². The fourth-order valence-corrected chi connectivity index (χ4v) is 4.44. The molecule has 5 heteroatoms. The first-order chi connectivity index (χ1) is 8.69. The Kier molecular flexibility index (Phi) is 5.70. The highest BCUT2D eigenvalue weighted by Crippen LogP contribution is 2.31. The van der Waals surface area contributed by atoms with Crippen LogP contribution in [0.5, 0.6) is 0 Å². The molecule has 18 heavy (non-hydrogen) atoms. The van der Waals surface area contributed by atoms with E-state index in [4.69, 9.17) is 11.6 Å². The molecule has 2 heterocycles. The van der Waals surface area contributed by atoms with Crippen LogP contribution in [-0.2, 0) is 6.42 Å². The van der Waals surface area contributed by atoms with E-state index in [2.05, 4.69) is 46.4 Å². The maximum atomic E-state index is 6.03. The zero-order valence-electron chi connectivity index (χ0n) is 10.1. The van der Waals surface area contributed by atoms with Gasteiger partial charge < -0.3 is 5.32 Å². The molecular weight excluding hydrogens is 350 g/mol. The molecule has 0 aliphatic rings. The van der Waals surface area contributed by atoms with Crippen molar-refractivity contribution in [3.05, 3.63) is 42.1 Å². The van der Waals surface area contributed by atoms with Gasteiger partial charge in [0.2, 0.25) is 0 Å². The Labute approximate surface area is 129 Å². The first kappa shape index (κ1) is 14.5. The zero-order valence-corrected chi connectivity index (χ0v) is 14.1. The van der Waals surface area contributed by atoms with Crippen LogP contribution in [0.3, 0.4) is 0 Å². The summed E-state index contributed by atoms with van der Waals surface area (Å²) in [5, 5.41) is 3.60. The average molecular weight is 365 g/mol. The van der Waals surface area contributed by atoms with Crippen LogP contribution in [-0.4, -0.2) is 6.54 Å². The maximum absolute atomic E-state index is 6.03. The fraction of sp³-hybridized carbons (Fsp3) is 0.385. The van der Waals surface area contributed by atoms with Gasteiger partial charge in [-0.05, 0) is 53.2 Å². The first-order valence-electron chi connectivity index (χ1n) is 5.92. The molecule has 2 aromatic rings. The minimum Gasteiger partial charge on any atom is -0.309 e. The van der Waals surface area contributed by atoms with Gasteiger partial charge in [0, 0.05) is 22.2 Å². The number of hydrogen-bond acceptors (Lipinski definition) is 3. The monoisotopic (exact) mass is 363 g/mol. The third-order valence-electron chi connectivity index (χ3n) is 2.61. The Morgan fingerprint density at radius 3 is 2.67 bits per heavy atom. The van der Waals surface area contributed by atoms with E-state index in [0.29, 0.717) is 6.04 Å². The molecule has 98 valence electrons. The molecule has 0 aliphatic heterocycles. The lowest BCUT2D eigenvalue weighted by Gasteiger charge is -2.16. The molecule has 0 saturated carbocycles. The van der Waals surface area contributed by atoms with Crippen LogP contribution in [0.15, 0.2) is 28.1 Å². The highest BCUT2D eigenvalue weighted by atomic mass is 79.9. The molecule has 0 aromatic carbocycles. The molecule has 0 spiro atoms. The topological polar surface area (TPSA) is 12.0 Å². The number of thiophene rings is 2. The van der Waals surface area contributed by atoms with Crippen LogP contribution in [0.4, 0.5) is 0 Å². The van der Waals surface area contributed by atoms with Gasteiger partial charge in [-0.1, -0.05) is 18.5 Å². The first-order valence-corrected chi connectivity index (χ1v) is 8.72. The molecule has 0 amide bonds. The second-order valence-electron chi connectivity index (χ2n) is 4.06. The van der Waals surface area contributed by atoms with Gasteiger partial charge in [0.05, 0.1) is 8.12 Å². The zero-order chi connectivity index (χ0) is 13.0. The number of rotatable bonds is 6. The lowest BCUT2D eigenvalue weighted by molar-refractivity contribution is 0.539. The molecule has 0 radical (unpaired) electrons. The summed E-state index contributed by atoms with van der Waals surface area (Å²) >= 11 is 13.0. The van der Waals surface area contributed by atoms with Crippen molar-refractivity contribution in [1.29, 1.82) is 0 Å². The molecule has 1 atom stereocenters. The van der Waals surface area contributed by atoms with Gasteiger partial charge in [-0.2, -0.15) is 0 Å². The van der Waals surface area contributed by atoms with Gasteiger partial charge in [0.25, 0.3) is 0 Å². The molecule has 2 aromatic heterocycles. The minimum absolute atomic E-state index is 0.369. The Morgan fingerprint density at radius 2 is 2.11 bits per heavy atom. The van der Waals surface area contributed by atoms with E-state index in [1.807, 2.05) is 6.07 Å². The number of hydrogen-bond donors (Lipinski definition) is 1. The van der Waals surface area contributed by atoms with Crippen LogP contribution in [0.1, 0.15) is 29.1 Å². The standard InChI is InChI=1S/C13H15BrClNS2/c1-2-7-16-10(11-4-6-13(15)18-11)8-9-3-5-12(14)17-9/h3-6,10,16H,2,7-8H2,1H3. The van der Waals surface area contributed by atoms with E-state index < -0.39 is 0 Å². The molecule has 0 fully saturated rings. The Balaban J connectivity index is 2.09. The van der Waals surface area contributed by atoms with Gasteiger partial charge in [0.1, 0.15) is 0 Å². The summed E-state index contributed by atoms with van der Waals surface area (Å²) in [5.74, 6) is 0. The average Bonchev–Trinajstić information content (AvgIpc) is 2.93. The van der Waals surface area contributed by atoms with E-state index in [0.717, 1.165) is 23.7 Å². The highest BCUT2D eigenvalue weighted by molar-refractivity contribution is 9.11. The van der Waals surface area contributed by atoms with Crippen LogP contribution < -0.4 is 5.32 Å². The van der Waals surface area contributed by atoms with Gasteiger partial charge in [-0.3, -0.25) is 0 Å². The summed E-state index contributed by atoms with van der Waals surface area (Å²) in [6, 6.07) is 8.77. The van der Waals surface area contributed by atoms with Crippen LogP contribution >= 0.6 is 50.2 Å². The largest absolute Gasteiger partial charge is 0.309 e. The van der Waals surface area contributed by atoms with E-state index in [1.54, 1.807) is 22.7 Å². The molecule has 1 nitrogen and oxygen atoms in total. The summed E-state index contributed by atoms with van der Waals surface area (Å²) in [4.78, 5) is 2.71. The maximum Gasteiger partial charge on any atom is 0.0931 e. The van der Waals surface area contributed by atoms with Gasteiger partial charge >= 0.3 is 0 Å². The molecule has 0 saturated heterocycles. The normalized spacial score (nSPS) is 12.8. The third kappa shape index (κ3) is 4.07. The van der Waals surface area contributed by atoms with Gasteiger partial charge in [-0.25, -0.2) is 0 Å². The highest BCUT2D eigenvalue weighted by Gasteiger charge is 2.14. The molecule has 1 unspecified atom stereocenters. The lowest BCUT2D eigenvalue weighted by Crippen LogP contribution is -2.22. The van der Waals surface area contributed by atoms with E-state index >= 15 is 0 Å². The minimum atomic E-state index is 0.369. The third-order valence-corrected chi connectivity index (χ3v) is 5.60. The SMILES string of the molecule is CCCNC(Cc1ccc(Br)s1)c1ccc(Cl)s1. The quantitative estimate of drug-likeness (QED) is 0.712. The van der Waals surface area contributed by atoms with Crippen LogP contribution in [0.2, 0.25) is 4.34 Å². The molecule has 1 N–H and O–H groups in total. The van der Waals surface area contributed by atoms with Crippen LogP contribution in [0.25, 0.3) is 0 Å². The molecule has 0 bridgehead atoms. The van der Waals surface area contributed by atoms with Crippen molar-refractivity contribution in [3.63, 3.8) is 0 Å². The summed E-state index contributed by atoms with van der Waals surface area (Å²) < 4.78 is 2.05. The second kappa shape index (κ2) is 7.06. The fourth-order valence-electron chi connectivity index (χ4n) is 1.77. The van der Waals surface area contributed by atoms with Crippen molar-refractivity contribution < 1.29 is 0 Å². The molecule has 0 aliphatic carbocycles. The molecule has 2 rings (SSSR count). The van der Waals surface area contributed by atoms with Crippen molar-refractivity contribution in [1.82, 2.24) is 5.32 Å². The predicted octanol–water partition coefficient (Wildman–Crippen LogP) is 5.51. The van der Waals surface area contributed by atoms with Gasteiger partial charge in [0.15, 0.2) is 0 Å².